The molecule has 2 aromatic rings. The van der Waals surface area contributed by atoms with Crippen molar-refractivity contribution in [1.82, 2.24) is 10.6 Å². The third kappa shape index (κ3) is 7.83. The van der Waals surface area contributed by atoms with Crippen molar-refractivity contribution in [2.24, 2.45) is 0 Å². The summed E-state index contributed by atoms with van der Waals surface area (Å²) in [5, 5.41) is 16.2. The number of nitrogens with one attached hydrogen (secondary N) is 2. The molecule has 2 rings (SSSR count). The molecule has 0 saturated carbocycles. The van der Waals surface area contributed by atoms with Gasteiger partial charge in [-0.3, -0.25) is 4.79 Å². The van der Waals surface area contributed by atoms with E-state index in [0.29, 0.717) is 18.7 Å². The maximum absolute atomic E-state index is 12.4. The lowest BCUT2D eigenvalue weighted by molar-refractivity contribution is 0.0915. The second kappa shape index (κ2) is 12.3. The van der Waals surface area contributed by atoms with Gasteiger partial charge >= 0.3 is 0 Å². The summed E-state index contributed by atoms with van der Waals surface area (Å²) in [6.07, 6.45) is 4.94. The fourth-order valence-electron chi connectivity index (χ4n) is 3.17. The lowest BCUT2D eigenvalue weighted by atomic mass is 10.0. The molecule has 0 saturated heterocycles. The highest BCUT2D eigenvalue weighted by Crippen LogP contribution is 2.10. The molecule has 0 aliphatic rings. The first-order chi connectivity index (χ1) is 13.6. The molecular formula is C24H34N2O2. The molecule has 152 valence electrons. The molecule has 28 heavy (non-hydrogen) atoms. The van der Waals surface area contributed by atoms with E-state index in [1.165, 1.54) is 29.5 Å². The number of aliphatic hydroxyl groups is 1. The van der Waals surface area contributed by atoms with Crippen molar-refractivity contribution in [1.29, 1.82) is 0 Å². The van der Waals surface area contributed by atoms with Gasteiger partial charge in [0, 0.05) is 25.2 Å². The maximum atomic E-state index is 12.4. The molecule has 0 spiro atoms. The summed E-state index contributed by atoms with van der Waals surface area (Å²) in [5.41, 5.74) is 4.36. The van der Waals surface area contributed by atoms with E-state index >= 15 is 0 Å². The minimum Gasteiger partial charge on any atom is -0.390 e. The zero-order chi connectivity index (χ0) is 20.2. The number of aryl methyl sites for hydroxylation is 2. The molecular weight excluding hydrogens is 348 g/mol. The maximum Gasteiger partial charge on any atom is 0.251 e. The summed E-state index contributed by atoms with van der Waals surface area (Å²) < 4.78 is 0. The van der Waals surface area contributed by atoms with Crippen molar-refractivity contribution in [3.05, 3.63) is 70.8 Å². The molecule has 0 radical (unpaired) electrons. The van der Waals surface area contributed by atoms with Crippen molar-refractivity contribution in [2.75, 3.05) is 13.1 Å². The van der Waals surface area contributed by atoms with Crippen LogP contribution < -0.4 is 10.6 Å². The summed E-state index contributed by atoms with van der Waals surface area (Å²) in [6, 6.07) is 16.2. The number of benzene rings is 2. The predicted molar refractivity (Wildman–Crippen MR) is 116 cm³/mol. The Hall–Kier alpha value is -2.17. The Labute approximate surface area is 169 Å². The molecule has 4 nitrogen and oxygen atoms in total. The van der Waals surface area contributed by atoms with Gasteiger partial charge in [0.25, 0.3) is 5.91 Å². The summed E-state index contributed by atoms with van der Waals surface area (Å²) in [4.78, 5) is 12.4. The summed E-state index contributed by atoms with van der Waals surface area (Å²) in [6.45, 7) is 5.71. The van der Waals surface area contributed by atoms with E-state index < -0.39 is 6.10 Å². The van der Waals surface area contributed by atoms with Crippen molar-refractivity contribution >= 4 is 5.91 Å². The van der Waals surface area contributed by atoms with Crippen LogP contribution in [0.3, 0.4) is 0 Å². The average Bonchev–Trinajstić information content (AvgIpc) is 2.72. The van der Waals surface area contributed by atoms with E-state index in [9.17, 15) is 9.90 Å². The largest absolute Gasteiger partial charge is 0.390 e. The van der Waals surface area contributed by atoms with Gasteiger partial charge < -0.3 is 15.7 Å². The molecule has 0 heterocycles. The van der Waals surface area contributed by atoms with Crippen LogP contribution in [0.4, 0.5) is 0 Å². The predicted octanol–water partition coefficient (Wildman–Crippen LogP) is 3.86. The lowest BCUT2D eigenvalue weighted by Gasteiger charge is -2.14. The monoisotopic (exact) mass is 382 g/mol. The van der Waals surface area contributed by atoms with Gasteiger partial charge in [-0.2, -0.15) is 0 Å². The normalized spacial score (nSPS) is 12.0. The van der Waals surface area contributed by atoms with Gasteiger partial charge in [-0.05, 0) is 48.1 Å². The zero-order valence-electron chi connectivity index (χ0n) is 17.2. The first-order valence-corrected chi connectivity index (χ1v) is 10.5. The molecule has 4 heteroatoms. The number of unbranched alkanes of at least 4 members (excludes halogenated alkanes) is 2. The van der Waals surface area contributed by atoms with Gasteiger partial charge in [0.2, 0.25) is 0 Å². The van der Waals surface area contributed by atoms with Crippen LogP contribution in [0.15, 0.2) is 48.5 Å². The van der Waals surface area contributed by atoms with Crippen LogP contribution in [0.1, 0.15) is 60.2 Å². The first kappa shape index (κ1) is 22.1. The fourth-order valence-corrected chi connectivity index (χ4v) is 3.17. The van der Waals surface area contributed by atoms with E-state index in [4.69, 9.17) is 0 Å². The van der Waals surface area contributed by atoms with Crippen molar-refractivity contribution in [2.45, 2.75) is 58.6 Å². The third-order valence-electron chi connectivity index (χ3n) is 4.87. The van der Waals surface area contributed by atoms with E-state index in [1.54, 1.807) is 0 Å². The number of aliphatic hydroxyl groups excluding tert-OH is 1. The highest BCUT2D eigenvalue weighted by molar-refractivity contribution is 5.94. The highest BCUT2D eigenvalue weighted by atomic mass is 16.3. The summed E-state index contributed by atoms with van der Waals surface area (Å²) >= 11 is 0. The molecule has 0 bridgehead atoms. The first-order valence-electron chi connectivity index (χ1n) is 10.5. The lowest BCUT2D eigenvalue weighted by Crippen LogP contribution is -2.38. The molecule has 0 aliphatic heterocycles. The standard InChI is InChI=1S/C24H34N2O2/c1-3-5-6-9-20-11-8-13-22(15-20)24(28)26-18-23(27)17-25-16-21-12-7-10-19(4-2)14-21/h7-8,10-15,23,25,27H,3-6,9,16-18H2,1-2H3,(H,26,28)/t23-/m1/s1. The highest BCUT2D eigenvalue weighted by Gasteiger charge is 2.09. The van der Waals surface area contributed by atoms with Crippen LogP contribution in [0.25, 0.3) is 0 Å². The zero-order valence-corrected chi connectivity index (χ0v) is 17.2. The Morgan fingerprint density at radius 1 is 0.964 bits per heavy atom. The second-order valence-corrected chi connectivity index (χ2v) is 7.33. The van der Waals surface area contributed by atoms with E-state index in [-0.39, 0.29) is 12.5 Å². The number of carbonyl (C=O) groups is 1. The number of amides is 1. The van der Waals surface area contributed by atoms with Crippen molar-refractivity contribution in [3.63, 3.8) is 0 Å². The Morgan fingerprint density at radius 3 is 2.50 bits per heavy atom. The molecule has 0 fully saturated rings. The molecule has 3 N–H and O–H groups in total. The van der Waals surface area contributed by atoms with Gasteiger partial charge in [-0.15, -0.1) is 0 Å². The smallest absolute Gasteiger partial charge is 0.251 e. The topological polar surface area (TPSA) is 61.4 Å². The molecule has 2 aromatic carbocycles. The van der Waals surface area contributed by atoms with Crippen molar-refractivity contribution in [3.8, 4) is 0 Å². The average molecular weight is 383 g/mol. The minimum atomic E-state index is -0.619. The third-order valence-corrected chi connectivity index (χ3v) is 4.87. The molecule has 1 amide bonds. The second-order valence-electron chi connectivity index (χ2n) is 7.33. The van der Waals surface area contributed by atoms with Gasteiger partial charge in [-0.1, -0.05) is 63.1 Å². The fraction of sp³-hybridized carbons (Fsp3) is 0.458. The molecule has 0 aromatic heterocycles. The van der Waals surface area contributed by atoms with Gasteiger partial charge in [0.15, 0.2) is 0 Å². The van der Waals surface area contributed by atoms with Crippen LogP contribution in [0, 0.1) is 0 Å². The molecule has 0 aliphatic carbocycles. The van der Waals surface area contributed by atoms with Crippen LogP contribution in [0.5, 0.6) is 0 Å². The number of hydrogen-bond acceptors (Lipinski definition) is 3. The number of hydrogen-bond donors (Lipinski definition) is 3. The van der Waals surface area contributed by atoms with Gasteiger partial charge in [-0.25, -0.2) is 0 Å². The Bertz CT molecular complexity index is 730. The van der Waals surface area contributed by atoms with E-state index in [1.807, 2.05) is 18.2 Å². The minimum absolute atomic E-state index is 0.132. The van der Waals surface area contributed by atoms with E-state index in [0.717, 1.165) is 19.3 Å². The Balaban J connectivity index is 1.72. The summed E-state index contributed by atoms with van der Waals surface area (Å²) in [5.74, 6) is -0.132. The molecule has 1 atom stereocenters. The van der Waals surface area contributed by atoms with Gasteiger partial charge in [0.1, 0.15) is 0 Å². The summed E-state index contributed by atoms with van der Waals surface area (Å²) in [7, 11) is 0. The Morgan fingerprint density at radius 2 is 1.71 bits per heavy atom. The van der Waals surface area contributed by atoms with Crippen LogP contribution in [-0.4, -0.2) is 30.2 Å². The quantitative estimate of drug-likeness (QED) is 0.489. The number of rotatable bonds is 12. The Kier molecular flexibility index (Phi) is 9.73. The number of carbonyl (C=O) groups excluding carboxylic acids is 1. The van der Waals surface area contributed by atoms with E-state index in [2.05, 4.69) is 54.8 Å². The van der Waals surface area contributed by atoms with Gasteiger partial charge in [0.05, 0.1) is 6.10 Å². The van der Waals surface area contributed by atoms with Crippen molar-refractivity contribution < 1.29 is 9.90 Å². The van der Waals surface area contributed by atoms with Crippen LogP contribution in [-0.2, 0) is 19.4 Å². The van der Waals surface area contributed by atoms with Crippen LogP contribution in [0.2, 0.25) is 0 Å². The van der Waals surface area contributed by atoms with Crippen LogP contribution >= 0.6 is 0 Å². The SMILES string of the molecule is CCCCCc1cccc(C(=O)NC[C@H](O)CNCc2cccc(CC)c2)c1. The molecule has 0 unspecified atom stereocenters.